The molecule has 0 heterocycles. The van der Waals surface area contributed by atoms with E-state index in [0.29, 0.717) is 18.7 Å². The van der Waals surface area contributed by atoms with Crippen LogP contribution in [0.3, 0.4) is 0 Å². The first-order valence-corrected chi connectivity index (χ1v) is 5.88. The van der Waals surface area contributed by atoms with Crippen LogP contribution in [0.1, 0.15) is 22.8 Å². The van der Waals surface area contributed by atoms with Gasteiger partial charge in [0.25, 0.3) is 0 Å². The lowest BCUT2D eigenvalue weighted by Gasteiger charge is -2.14. The summed E-state index contributed by atoms with van der Waals surface area (Å²) in [5.74, 6) is -0.401. The zero-order valence-corrected chi connectivity index (χ0v) is 10.8. The third kappa shape index (κ3) is 4.18. The van der Waals surface area contributed by atoms with Crippen molar-refractivity contribution >= 4 is 11.8 Å². The smallest absolute Gasteiger partial charge is 0.248 e. The fourth-order valence-electron chi connectivity index (χ4n) is 1.46. The Kier molecular flexibility index (Phi) is 5.32. The Hall–Kier alpha value is -1.88. The van der Waals surface area contributed by atoms with E-state index in [1.165, 1.54) is 0 Å². The van der Waals surface area contributed by atoms with Gasteiger partial charge in [0.1, 0.15) is 0 Å². The van der Waals surface area contributed by atoms with Crippen molar-refractivity contribution in [1.29, 1.82) is 0 Å². The first-order chi connectivity index (χ1) is 8.54. The predicted octanol–water partition coefficient (Wildman–Crippen LogP) is 0.353. The average Bonchev–Trinajstić information content (AvgIpc) is 2.38. The number of rotatable bonds is 6. The number of nitrogens with zero attached hydrogens (tertiary/aromatic N) is 1. The molecule has 0 aromatic heterocycles. The molecule has 1 rings (SSSR count). The van der Waals surface area contributed by atoms with Gasteiger partial charge in [0.2, 0.25) is 11.8 Å². The highest BCUT2D eigenvalue weighted by Crippen LogP contribution is 2.04. The Labute approximate surface area is 107 Å². The molecule has 18 heavy (non-hydrogen) atoms. The maximum absolute atomic E-state index is 11.5. The molecule has 0 aliphatic rings. The van der Waals surface area contributed by atoms with Gasteiger partial charge in [0.15, 0.2) is 0 Å². The lowest BCUT2D eigenvalue weighted by Crippen LogP contribution is -2.35. The van der Waals surface area contributed by atoms with Crippen LogP contribution in [0.2, 0.25) is 0 Å². The summed E-state index contributed by atoms with van der Waals surface area (Å²) < 4.78 is 0. The van der Waals surface area contributed by atoms with Crippen molar-refractivity contribution in [2.45, 2.75) is 13.5 Å². The van der Waals surface area contributed by atoms with Crippen molar-refractivity contribution in [3.63, 3.8) is 0 Å². The lowest BCUT2D eigenvalue weighted by molar-refractivity contribution is -0.128. The monoisotopic (exact) mass is 249 g/mol. The summed E-state index contributed by atoms with van der Waals surface area (Å²) in [5.41, 5.74) is 6.60. The van der Waals surface area contributed by atoms with Gasteiger partial charge in [-0.2, -0.15) is 0 Å². The SMILES string of the molecule is CCN(C)C(=O)CNCc1cccc(C(N)=O)c1. The van der Waals surface area contributed by atoms with Crippen LogP contribution >= 0.6 is 0 Å². The van der Waals surface area contributed by atoms with Gasteiger partial charge in [0.05, 0.1) is 6.54 Å². The van der Waals surface area contributed by atoms with E-state index < -0.39 is 5.91 Å². The van der Waals surface area contributed by atoms with Crippen LogP contribution in [-0.4, -0.2) is 36.9 Å². The minimum absolute atomic E-state index is 0.0450. The van der Waals surface area contributed by atoms with Crippen LogP contribution in [0.25, 0.3) is 0 Å². The minimum Gasteiger partial charge on any atom is -0.366 e. The van der Waals surface area contributed by atoms with E-state index in [9.17, 15) is 9.59 Å². The molecule has 0 saturated carbocycles. The highest BCUT2D eigenvalue weighted by atomic mass is 16.2. The van der Waals surface area contributed by atoms with Gasteiger partial charge in [-0.15, -0.1) is 0 Å². The highest BCUT2D eigenvalue weighted by molar-refractivity contribution is 5.92. The second-order valence-electron chi connectivity index (χ2n) is 4.08. The summed E-state index contributed by atoms with van der Waals surface area (Å²) in [5, 5.41) is 3.04. The Morgan fingerprint density at radius 3 is 2.72 bits per heavy atom. The van der Waals surface area contributed by atoms with Crippen LogP contribution in [0, 0.1) is 0 Å². The van der Waals surface area contributed by atoms with Crippen LogP contribution in [0.4, 0.5) is 0 Å². The third-order valence-electron chi connectivity index (χ3n) is 2.72. The minimum atomic E-state index is -0.446. The Morgan fingerprint density at radius 1 is 1.39 bits per heavy atom. The number of primary amides is 1. The van der Waals surface area contributed by atoms with Crippen molar-refractivity contribution < 1.29 is 9.59 Å². The Bertz CT molecular complexity index is 432. The number of nitrogens with two attached hydrogens (primary N) is 1. The molecule has 98 valence electrons. The van der Waals surface area contributed by atoms with E-state index in [4.69, 9.17) is 5.73 Å². The number of nitrogens with one attached hydrogen (secondary N) is 1. The largest absolute Gasteiger partial charge is 0.366 e. The molecule has 5 nitrogen and oxygen atoms in total. The molecule has 0 radical (unpaired) electrons. The van der Waals surface area contributed by atoms with Crippen molar-refractivity contribution in [2.24, 2.45) is 5.73 Å². The summed E-state index contributed by atoms with van der Waals surface area (Å²) in [6.45, 7) is 3.43. The first kappa shape index (κ1) is 14.2. The molecule has 0 spiro atoms. The van der Waals surface area contributed by atoms with Gasteiger partial charge in [-0.05, 0) is 24.6 Å². The standard InChI is InChI=1S/C13H19N3O2/c1-3-16(2)12(17)9-15-8-10-5-4-6-11(7-10)13(14)18/h4-7,15H,3,8-9H2,1-2H3,(H2,14,18). The quantitative estimate of drug-likeness (QED) is 0.764. The van der Waals surface area contributed by atoms with E-state index in [1.54, 1.807) is 30.1 Å². The second-order valence-corrected chi connectivity index (χ2v) is 4.08. The Morgan fingerprint density at radius 2 is 2.11 bits per heavy atom. The molecular weight excluding hydrogens is 230 g/mol. The average molecular weight is 249 g/mol. The number of amides is 2. The van der Waals surface area contributed by atoms with E-state index in [-0.39, 0.29) is 12.5 Å². The fraction of sp³-hybridized carbons (Fsp3) is 0.385. The van der Waals surface area contributed by atoms with E-state index in [0.717, 1.165) is 5.56 Å². The van der Waals surface area contributed by atoms with Crippen LogP contribution in [0.15, 0.2) is 24.3 Å². The summed E-state index contributed by atoms with van der Waals surface area (Å²) in [6.07, 6.45) is 0. The maximum atomic E-state index is 11.5. The van der Waals surface area contributed by atoms with Crippen molar-refractivity contribution in [2.75, 3.05) is 20.1 Å². The molecule has 2 amide bonds. The van der Waals surface area contributed by atoms with Gasteiger partial charge in [0, 0.05) is 25.7 Å². The summed E-state index contributed by atoms with van der Waals surface area (Å²) in [4.78, 5) is 24.2. The topological polar surface area (TPSA) is 75.4 Å². The van der Waals surface area contributed by atoms with Crippen LogP contribution in [-0.2, 0) is 11.3 Å². The number of likely N-dealkylation sites (N-methyl/N-ethyl adjacent to an activating group) is 1. The molecule has 0 bridgehead atoms. The summed E-state index contributed by atoms with van der Waals surface area (Å²) in [6, 6.07) is 7.05. The van der Waals surface area contributed by atoms with E-state index in [1.807, 2.05) is 13.0 Å². The molecule has 1 aromatic rings. The Balaban J connectivity index is 2.47. The number of hydrogen-bond acceptors (Lipinski definition) is 3. The van der Waals surface area contributed by atoms with Gasteiger partial charge in [-0.1, -0.05) is 12.1 Å². The fourth-order valence-corrected chi connectivity index (χ4v) is 1.46. The summed E-state index contributed by atoms with van der Waals surface area (Å²) in [7, 11) is 1.76. The number of carbonyl (C=O) groups excluding carboxylic acids is 2. The van der Waals surface area contributed by atoms with Gasteiger partial charge in [-0.3, -0.25) is 9.59 Å². The predicted molar refractivity (Wildman–Crippen MR) is 70.0 cm³/mol. The summed E-state index contributed by atoms with van der Waals surface area (Å²) >= 11 is 0. The molecule has 0 unspecified atom stereocenters. The second kappa shape index (κ2) is 6.76. The van der Waals surface area contributed by atoms with Crippen molar-refractivity contribution in [3.05, 3.63) is 35.4 Å². The number of benzene rings is 1. The van der Waals surface area contributed by atoms with Crippen molar-refractivity contribution in [1.82, 2.24) is 10.2 Å². The first-order valence-electron chi connectivity index (χ1n) is 5.88. The zero-order valence-electron chi connectivity index (χ0n) is 10.8. The normalized spacial score (nSPS) is 10.1. The van der Waals surface area contributed by atoms with Gasteiger partial charge in [-0.25, -0.2) is 0 Å². The molecular formula is C13H19N3O2. The molecule has 0 fully saturated rings. The number of hydrogen-bond donors (Lipinski definition) is 2. The lowest BCUT2D eigenvalue weighted by atomic mass is 10.1. The highest BCUT2D eigenvalue weighted by Gasteiger charge is 2.06. The van der Waals surface area contributed by atoms with Crippen molar-refractivity contribution in [3.8, 4) is 0 Å². The molecule has 0 aliphatic heterocycles. The molecule has 1 aromatic carbocycles. The molecule has 3 N–H and O–H groups in total. The van der Waals surface area contributed by atoms with Crippen LogP contribution in [0.5, 0.6) is 0 Å². The van der Waals surface area contributed by atoms with Gasteiger partial charge >= 0.3 is 0 Å². The molecule has 5 heteroatoms. The molecule has 0 saturated heterocycles. The van der Waals surface area contributed by atoms with Crippen LogP contribution < -0.4 is 11.1 Å². The maximum Gasteiger partial charge on any atom is 0.248 e. The molecule has 0 atom stereocenters. The van der Waals surface area contributed by atoms with Gasteiger partial charge < -0.3 is 16.0 Å². The number of carbonyl (C=O) groups is 2. The van der Waals surface area contributed by atoms with E-state index in [2.05, 4.69) is 5.32 Å². The third-order valence-corrected chi connectivity index (χ3v) is 2.72. The van der Waals surface area contributed by atoms with E-state index >= 15 is 0 Å². The zero-order chi connectivity index (χ0) is 13.5. The molecule has 0 aliphatic carbocycles.